The van der Waals surface area contributed by atoms with Crippen LogP contribution in [0.1, 0.15) is 33.6 Å². The second-order valence-electron chi connectivity index (χ2n) is 7.53. The van der Waals surface area contributed by atoms with Crippen LogP contribution in [0.4, 0.5) is 0 Å². The van der Waals surface area contributed by atoms with Crippen LogP contribution in [-0.4, -0.2) is 40.1 Å². The molecule has 1 heterocycles. The molecule has 9 heteroatoms. The topological polar surface area (TPSA) is 74.8 Å². The van der Waals surface area contributed by atoms with E-state index in [1.165, 1.54) is 30.3 Å². The molecule has 6 nitrogen and oxygen atoms in total. The molecule has 32 heavy (non-hydrogen) atoms. The van der Waals surface area contributed by atoms with E-state index in [1.807, 2.05) is 12.2 Å². The van der Waals surface area contributed by atoms with E-state index in [2.05, 4.69) is 0 Å². The highest BCUT2D eigenvalue weighted by atomic mass is 35.5. The average Bonchev–Trinajstić information content (AvgIpc) is 3.02. The number of fused-ring (bicyclic) bond motifs is 1. The first-order valence-corrected chi connectivity index (χ1v) is 11.0. The van der Waals surface area contributed by atoms with E-state index in [1.54, 1.807) is 12.1 Å². The summed E-state index contributed by atoms with van der Waals surface area (Å²) in [6.07, 6.45) is 4.48. The third kappa shape index (κ3) is 4.06. The number of carbonyl (C=O) groups excluding carboxylic acids is 4. The van der Waals surface area contributed by atoms with Crippen molar-refractivity contribution in [2.75, 3.05) is 6.54 Å². The number of ketones is 1. The van der Waals surface area contributed by atoms with Crippen molar-refractivity contribution in [2.45, 2.75) is 12.8 Å². The Hall–Kier alpha value is -2.67. The maximum absolute atomic E-state index is 13.4. The van der Waals surface area contributed by atoms with Crippen LogP contribution in [0.3, 0.4) is 0 Å². The summed E-state index contributed by atoms with van der Waals surface area (Å²) >= 11 is 18.3. The number of hydrazine groups is 1. The summed E-state index contributed by atoms with van der Waals surface area (Å²) in [4.78, 5) is 52.8. The summed E-state index contributed by atoms with van der Waals surface area (Å²) < 4.78 is 0. The van der Waals surface area contributed by atoms with E-state index in [-0.39, 0.29) is 21.2 Å². The number of nitrogens with zero attached hydrogens (tertiary/aromatic N) is 2. The van der Waals surface area contributed by atoms with Gasteiger partial charge in [0.1, 0.15) is 6.54 Å². The number of Topliss-reactive ketones (excluding diaryl/α,β-unsaturated/α-hetero) is 1. The first kappa shape index (κ1) is 22.5. The maximum atomic E-state index is 13.4. The zero-order valence-electron chi connectivity index (χ0n) is 16.6. The predicted molar refractivity (Wildman–Crippen MR) is 120 cm³/mol. The van der Waals surface area contributed by atoms with Gasteiger partial charge in [0.15, 0.2) is 5.78 Å². The second-order valence-corrected chi connectivity index (χ2v) is 8.78. The molecule has 164 valence electrons. The Kier molecular flexibility index (Phi) is 6.38. The zero-order valence-corrected chi connectivity index (χ0v) is 18.9. The standard InChI is InChI=1S/C23H17Cl3N2O4/c24-13-9-10-16(19(26)11-13)20(29)12-27(21(30)17-7-3-4-8-18(17)25)28-22(31)14-5-1-2-6-15(14)23(28)32/h1-4,7-11,14-15H,5-6,12H2. The molecule has 2 atom stereocenters. The van der Waals surface area contributed by atoms with Crippen LogP contribution < -0.4 is 0 Å². The number of benzene rings is 2. The summed E-state index contributed by atoms with van der Waals surface area (Å²) in [6, 6.07) is 10.6. The van der Waals surface area contributed by atoms with Crippen LogP contribution in [0, 0.1) is 11.8 Å². The van der Waals surface area contributed by atoms with Gasteiger partial charge in [-0.3, -0.25) is 19.2 Å². The van der Waals surface area contributed by atoms with Crippen molar-refractivity contribution in [3.63, 3.8) is 0 Å². The number of halogens is 3. The zero-order chi connectivity index (χ0) is 23.0. The molecule has 2 aromatic carbocycles. The molecule has 2 aliphatic rings. The minimum absolute atomic E-state index is 0.0674. The summed E-state index contributed by atoms with van der Waals surface area (Å²) in [7, 11) is 0. The summed E-state index contributed by atoms with van der Waals surface area (Å²) in [5, 5.41) is 2.26. The Labute approximate surface area is 199 Å². The van der Waals surface area contributed by atoms with Gasteiger partial charge in [-0.25, -0.2) is 5.01 Å². The molecule has 4 rings (SSSR count). The van der Waals surface area contributed by atoms with Crippen LogP contribution >= 0.6 is 34.8 Å². The van der Waals surface area contributed by atoms with Gasteiger partial charge < -0.3 is 0 Å². The van der Waals surface area contributed by atoms with Crippen molar-refractivity contribution in [2.24, 2.45) is 11.8 Å². The van der Waals surface area contributed by atoms with Crippen LogP contribution in [0.15, 0.2) is 54.6 Å². The molecule has 0 bridgehead atoms. The highest BCUT2D eigenvalue weighted by Crippen LogP contribution is 2.36. The minimum Gasteiger partial charge on any atom is -0.292 e. The molecule has 0 radical (unpaired) electrons. The molecule has 2 unspecified atom stereocenters. The largest absolute Gasteiger partial charge is 0.292 e. The minimum atomic E-state index is -0.734. The lowest BCUT2D eigenvalue weighted by atomic mass is 9.85. The van der Waals surface area contributed by atoms with Gasteiger partial charge in [-0.05, 0) is 43.2 Å². The Bertz CT molecular complexity index is 1140. The molecule has 0 spiro atoms. The average molecular weight is 492 g/mol. The van der Waals surface area contributed by atoms with Crippen molar-refractivity contribution in [3.05, 3.63) is 80.8 Å². The smallest absolute Gasteiger partial charge is 0.274 e. The third-order valence-corrected chi connectivity index (χ3v) is 6.47. The summed E-state index contributed by atoms with van der Waals surface area (Å²) in [5.41, 5.74) is 0.184. The van der Waals surface area contributed by atoms with Crippen molar-refractivity contribution in [1.29, 1.82) is 0 Å². The molecule has 2 aromatic rings. The van der Waals surface area contributed by atoms with Gasteiger partial charge in [0.2, 0.25) is 0 Å². The number of carbonyl (C=O) groups is 4. The van der Waals surface area contributed by atoms with Crippen molar-refractivity contribution in [1.82, 2.24) is 10.0 Å². The van der Waals surface area contributed by atoms with E-state index in [4.69, 9.17) is 34.8 Å². The van der Waals surface area contributed by atoms with E-state index in [0.29, 0.717) is 17.9 Å². The van der Waals surface area contributed by atoms with Crippen LogP contribution in [0.5, 0.6) is 0 Å². The fourth-order valence-corrected chi connectivity index (χ4v) is 4.70. The number of amides is 3. The van der Waals surface area contributed by atoms with Gasteiger partial charge in [0.05, 0.1) is 27.4 Å². The lowest BCUT2D eigenvalue weighted by Gasteiger charge is -2.30. The Morgan fingerprint density at radius 1 is 0.875 bits per heavy atom. The maximum Gasteiger partial charge on any atom is 0.274 e. The normalized spacial score (nSPS) is 19.8. The van der Waals surface area contributed by atoms with Crippen molar-refractivity contribution in [3.8, 4) is 0 Å². The van der Waals surface area contributed by atoms with Crippen LogP contribution in [0.2, 0.25) is 15.1 Å². The number of hydrogen-bond donors (Lipinski definition) is 0. The van der Waals surface area contributed by atoms with Gasteiger partial charge >= 0.3 is 0 Å². The molecule has 0 saturated carbocycles. The fraction of sp³-hybridized carbons (Fsp3) is 0.217. The third-order valence-electron chi connectivity index (χ3n) is 5.59. The van der Waals surface area contributed by atoms with Gasteiger partial charge in [0.25, 0.3) is 17.7 Å². The van der Waals surface area contributed by atoms with Gasteiger partial charge in [-0.2, -0.15) is 5.01 Å². The molecule has 1 aliphatic heterocycles. The van der Waals surface area contributed by atoms with E-state index in [0.717, 1.165) is 10.0 Å². The molecule has 1 aliphatic carbocycles. The van der Waals surface area contributed by atoms with Gasteiger partial charge in [-0.1, -0.05) is 59.1 Å². The van der Waals surface area contributed by atoms with E-state index >= 15 is 0 Å². The van der Waals surface area contributed by atoms with Gasteiger partial charge in [0, 0.05) is 10.6 Å². The lowest BCUT2D eigenvalue weighted by Crippen LogP contribution is -2.52. The highest BCUT2D eigenvalue weighted by Gasteiger charge is 2.51. The summed E-state index contributed by atoms with van der Waals surface area (Å²) in [6.45, 7) is -0.574. The van der Waals surface area contributed by atoms with Crippen LogP contribution in [-0.2, 0) is 9.59 Å². The molecule has 1 saturated heterocycles. The van der Waals surface area contributed by atoms with Crippen molar-refractivity contribution < 1.29 is 19.2 Å². The number of hydrogen-bond acceptors (Lipinski definition) is 4. The van der Waals surface area contributed by atoms with Crippen LogP contribution in [0.25, 0.3) is 0 Å². The predicted octanol–water partition coefficient (Wildman–Crippen LogP) is 4.84. The molecular weight excluding hydrogens is 475 g/mol. The molecule has 3 amide bonds. The number of imide groups is 1. The quantitative estimate of drug-likeness (QED) is 0.341. The van der Waals surface area contributed by atoms with E-state index in [9.17, 15) is 19.2 Å². The SMILES string of the molecule is O=C(CN(C(=O)c1ccccc1Cl)N1C(=O)C2CC=CCC2C1=O)c1ccc(Cl)cc1Cl. The lowest BCUT2D eigenvalue weighted by molar-refractivity contribution is -0.154. The first-order valence-electron chi connectivity index (χ1n) is 9.87. The monoisotopic (exact) mass is 490 g/mol. The Morgan fingerprint density at radius 2 is 1.50 bits per heavy atom. The molecule has 0 aromatic heterocycles. The summed E-state index contributed by atoms with van der Waals surface area (Å²) in [5.74, 6) is -3.45. The number of rotatable bonds is 5. The first-order chi connectivity index (χ1) is 15.3. The second kappa shape index (κ2) is 9.06. The Balaban J connectivity index is 1.73. The highest BCUT2D eigenvalue weighted by molar-refractivity contribution is 6.37. The Morgan fingerprint density at radius 3 is 2.09 bits per heavy atom. The van der Waals surface area contributed by atoms with Crippen molar-refractivity contribution >= 4 is 58.3 Å². The van der Waals surface area contributed by atoms with Gasteiger partial charge in [-0.15, -0.1) is 0 Å². The molecule has 0 N–H and O–H groups in total. The molecular formula is C23H17Cl3N2O4. The fourth-order valence-electron chi connectivity index (χ4n) is 3.96. The number of allylic oxidation sites excluding steroid dienone is 2. The van der Waals surface area contributed by atoms with E-state index < -0.39 is 41.9 Å². The molecule has 1 fully saturated rings.